The summed E-state index contributed by atoms with van der Waals surface area (Å²) >= 11 is 8.03. The van der Waals surface area contributed by atoms with E-state index < -0.39 is 0 Å². The number of halogens is 1. The highest BCUT2D eigenvalue weighted by Gasteiger charge is 2.18. The minimum atomic E-state index is 0.711. The molecule has 0 unspecified atom stereocenters. The van der Waals surface area contributed by atoms with Crippen molar-refractivity contribution in [3.8, 4) is 22.8 Å². The van der Waals surface area contributed by atoms with Gasteiger partial charge in [-0.3, -0.25) is 9.55 Å². The fourth-order valence-corrected chi connectivity index (χ4v) is 4.05. The number of ether oxygens (including phenoxy) is 1. The third-order valence-electron chi connectivity index (χ3n) is 4.58. The van der Waals surface area contributed by atoms with Crippen LogP contribution in [0.15, 0.2) is 72.1 Å². The average molecular weight is 423 g/mol. The number of methoxy groups -OCH3 is 1. The number of benzene rings is 2. The first-order chi connectivity index (χ1) is 14.2. The van der Waals surface area contributed by atoms with Crippen LogP contribution in [-0.4, -0.2) is 26.9 Å². The first-order valence-electron chi connectivity index (χ1n) is 9.04. The highest BCUT2D eigenvalue weighted by atomic mass is 35.5. The van der Waals surface area contributed by atoms with Gasteiger partial charge in [0.2, 0.25) is 0 Å². The van der Waals surface area contributed by atoms with Crippen LogP contribution in [0.1, 0.15) is 11.1 Å². The van der Waals surface area contributed by atoms with E-state index in [4.69, 9.17) is 16.3 Å². The van der Waals surface area contributed by atoms with Crippen LogP contribution < -0.4 is 4.74 Å². The first kappa shape index (κ1) is 19.5. The van der Waals surface area contributed by atoms with E-state index in [9.17, 15) is 0 Å². The minimum absolute atomic E-state index is 0.711. The molecular weight excluding hydrogens is 404 g/mol. The van der Waals surface area contributed by atoms with Gasteiger partial charge in [0.1, 0.15) is 5.75 Å². The van der Waals surface area contributed by atoms with E-state index in [0.717, 1.165) is 39.3 Å². The van der Waals surface area contributed by atoms with Crippen molar-refractivity contribution in [1.29, 1.82) is 0 Å². The predicted molar refractivity (Wildman–Crippen MR) is 117 cm³/mol. The van der Waals surface area contributed by atoms with Crippen LogP contribution in [0, 0.1) is 6.92 Å². The highest BCUT2D eigenvalue weighted by molar-refractivity contribution is 7.98. The fraction of sp³-hybridized carbons (Fsp3) is 0.136. The van der Waals surface area contributed by atoms with Crippen molar-refractivity contribution in [1.82, 2.24) is 19.7 Å². The highest BCUT2D eigenvalue weighted by Crippen LogP contribution is 2.32. The van der Waals surface area contributed by atoms with Crippen molar-refractivity contribution in [3.63, 3.8) is 0 Å². The summed E-state index contributed by atoms with van der Waals surface area (Å²) < 4.78 is 7.29. The third-order valence-corrected chi connectivity index (χ3v) is 5.99. The van der Waals surface area contributed by atoms with Crippen LogP contribution in [0.25, 0.3) is 17.1 Å². The molecule has 2 heterocycles. The second-order valence-corrected chi connectivity index (χ2v) is 7.75. The molecule has 29 heavy (non-hydrogen) atoms. The molecule has 5 nitrogen and oxygen atoms in total. The molecule has 0 spiro atoms. The van der Waals surface area contributed by atoms with E-state index in [-0.39, 0.29) is 0 Å². The summed E-state index contributed by atoms with van der Waals surface area (Å²) in [5, 5.41) is 10.5. The largest absolute Gasteiger partial charge is 0.497 e. The normalized spacial score (nSPS) is 10.9. The molecule has 0 saturated carbocycles. The minimum Gasteiger partial charge on any atom is -0.497 e. The molecule has 7 heteroatoms. The fourth-order valence-electron chi connectivity index (χ4n) is 2.98. The lowest BCUT2D eigenvalue weighted by Gasteiger charge is -2.14. The molecule has 2 aromatic heterocycles. The molecule has 2 aromatic carbocycles. The maximum absolute atomic E-state index is 6.40. The van der Waals surface area contributed by atoms with Gasteiger partial charge < -0.3 is 4.74 Å². The maximum Gasteiger partial charge on any atom is 0.196 e. The van der Waals surface area contributed by atoms with Gasteiger partial charge in [-0.1, -0.05) is 41.6 Å². The lowest BCUT2D eigenvalue weighted by molar-refractivity contribution is 0.414. The van der Waals surface area contributed by atoms with Gasteiger partial charge in [-0.15, -0.1) is 10.2 Å². The summed E-state index contributed by atoms with van der Waals surface area (Å²) in [5.74, 6) is 2.37. The van der Waals surface area contributed by atoms with Gasteiger partial charge in [0.25, 0.3) is 0 Å². The molecule has 0 atom stereocenters. The molecule has 0 saturated heterocycles. The van der Waals surface area contributed by atoms with E-state index in [1.54, 1.807) is 31.3 Å². The van der Waals surface area contributed by atoms with Crippen LogP contribution >= 0.6 is 23.4 Å². The zero-order valence-corrected chi connectivity index (χ0v) is 17.6. The number of rotatable bonds is 6. The Kier molecular flexibility index (Phi) is 5.83. The average Bonchev–Trinajstić information content (AvgIpc) is 3.19. The van der Waals surface area contributed by atoms with E-state index in [1.807, 2.05) is 49.4 Å². The zero-order valence-electron chi connectivity index (χ0n) is 16.0. The van der Waals surface area contributed by atoms with Crippen molar-refractivity contribution < 1.29 is 4.74 Å². The van der Waals surface area contributed by atoms with Gasteiger partial charge in [-0.25, -0.2) is 0 Å². The third kappa shape index (κ3) is 4.13. The number of hydrogen-bond donors (Lipinski definition) is 0. The number of aromatic nitrogens is 4. The Hall–Kier alpha value is -2.83. The maximum atomic E-state index is 6.40. The molecule has 0 radical (unpaired) electrons. The number of thioether (sulfide) groups is 1. The quantitative estimate of drug-likeness (QED) is 0.379. The number of hydrogen-bond acceptors (Lipinski definition) is 5. The monoisotopic (exact) mass is 422 g/mol. The van der Waals surface area contributed by atoms with E-state index in [2.05, 4.69) is 31.9 Å². The Morgan fingerprint density at radius 1 is 1.00 bits per heavy atom. The summed E-state index contributed by atoms with van der Waals surface area (Å²) in [5.41, 5.74) is 4.07. The molecule has 0 amide bonds. The topological polar surface area (TPSA) is 52.8 Å². The molecule has 0 aliphatic heterocycles. The lowest BCUT2D eigenvalue weighted by atomic mass is 10.2. The molecule has 0 N–H and O–H groups in total. The van der Waals surface area contributed by atoms with Gasteiger partial charge in [0, 0.05) is 28.7 Å². The van der Waals surface area contributed by atoms with E-state index >= 15 is 0 Å². The standard InChI is InChI=1S/C22H19ClN4OS/c1-15-19(23)4-3-5-20(15)27-21(17-10-12-24-13-11-17)25-26-22(27)29-14-16-6-8-18(28-2)9-7-16/h3-13H,14H2,1-2H3. The van der Waals surface area contributed by atoms with E-state index in [0.29, 0.717) is 5.02 Å². The van der Waals surface area contributed by atoms with Crippen molar-refractivity contribution >= 4 is 23.4 Å². The molecule has 0 fully saturated rings. The van der Waals surface area contributed by atoms with Crippen LogP contribution in [0.2, 0.25) is 5.02 Å². The van der Waals surface area contributed by atoms with Crippen molar-refractivity contribution in [3.05, 3.63) is 83.1 Å². The van der Waals surface area contributed by atoms with Crippen LogP contribution in [0.5, 0.6) is 5.75 Å². The molecule has 0 aliphatic carbocycles. The summed E-state index contributed by atoms with van der Waals surface area (Å²) in [6.07, 6.45) is 3.51. The Morgan fingerprint density at radius 3 is 2.48 bits per heavy atom. The van der Waals surface area contributed by atoms with Crippen molar-refractivity contribution in [2.24, 2.45) is 0 Å². The number of pyridine rings is 1. The molecular formula is C22H19ClN4OS. The van der Waals surface area contributed by atoms with Gasteiger partial charge in [-0.05, 0) is 54.4 Å². The van der Waals surface area contributed by atoms with Crippen molar-refractivity contribution in [2.75, 3.05) is 7.11 Å². The van der Waals surface area contributed by atoms with Crippen LogP contribution in [0.4, 0.5) is 0 Å². The molecule has 4 aromatic rings. The Labute approximate surface area is 178 Å². The SMILES string of the molecule is COc1ccc(CSc2nnc(-c3ccncc3)n2-c2cccc(Cl)c2C)cc1. The second kappa shape index (κ2) is 8.68. The Morgan fingerprint density at radius 2 is 1.76 bits per heavy atom. The van der Waals surface area contributed by atoms with E-state index in [1.165, 1.54) is 5.56 Å². The molecule has 0 aliphatic rings. The smallest absolute Gasteiger partial charge is 0.196 e. The lowest BCUT2D eigenvalue weighted by Crippen LogP contribution is -2.02. The van der Waals surface area contributed by atoms with Crippen LogP contribution in [-0.2, 0) is 5.75 Å². The second-order valence-electron chi connectivity index (χ2n) is 6.40. The van der Waals surface area contributed by atoms with Gasteiger partial charge in [0.05, 0.1) is 12.8 Å². The predicted octanol–water partition coefficient (Wildman–Crippen LogP) is 5.59. The molecule has 146 valence electrons. The van der Waals surface area contributed by atoms with Gasteiger partial charge >= 0.3 is 0 Å². The Bertz CT molecular complexity index is 1110. The Balaban J connectivity index is 1.73. The van der Waals surface area contributed by atoms with Crippen molar-refractivity contribution in [2.45, 2.75) is 17.8 Å². The van der Waals surface area contributed by atoms with Gasteiger partial charge in [-0.2, -0.15) is 0 Å². The summed E-state index contributed by atoms with van der Waals surface area (Å²) in [6, 6.07) is 17.8. The summed E-state index contributed by atoms with van der Waals surface area (Å²) in [6.45, 7) is 2.01. The van der Waals surface area contributed by atoms with Gasteiger partial charge in [0.15, 0.2) is 11.0 Å². The van der Waals surface area contributed by atoms with Crippen LogP contribution in [0.3, 0.4) is 0 Å². The summed E-state index contributed by atoms with van der Waals surface area (Å²) in [4.78, 5) is 4.11. The first-order valence-corrected chi connectivity index (χ1v) is 10.4. The molecule has 4 rings (SSSR count). The zero-order chi connectivity index (χ0) is 20.2. The summed E-state index contributed by atoms with van der Waals surface area (Å²) in [7, 11) is 1.67. The number of nitrogens with zero attached hydrogens (tertiary/aromatic N) is 4. The molecule has 0 bridgehead atoms.